The molecule has 2 aromatic rings. The average Bonchev–Trinajstić information content (AvgIpc) is 2.67. The lowest BCUT2D eigenvalue weighted by atomic mass is 10.1. The number of rotatable bonds is 5. The summed E-state index contributed by atoms with van der Waals surface area (Å²) in [6.07, 6.45) is 3.22. The molecule has 22 heavy (non-hydrogen) atoms. The van der Waals surface area contributed by atoms with E-state index in [1.54, 1.807) is 13.8 Å². The summed E-state index contributed by atoms with van der Waals surface area (Å²) in [5, 5.41) is 3.82. The van der Waals surface area contributed by atoms with Gasteiger partial charge in [0.25, 0.3) is 0 Å². The number of sulfone groups is 1. The van der Waals surface area contributed by atoms with Crippen molar-refractivity contribution in [2.75, 3.05) is 12.0 Å². The minimum atomic E-state index is -3.15. The first kappa shape index (κ1) is 16.5. The SMILES string of the molecule is Cc1ccc2[nH]cc(CC(=O)NC(C)(C)CS(C)(=O)=O)c2c1. The van der Waals surface area contributed by atoms with Gasteiger partial charge < -0.3 is 10.3 Å². The Balaban J connectivity index is 2.12. The zero-order valence-electron chi connectivity index (χ0n) is 13.4. The number of nitrogens with one attached hydrogen (secondary N) is 2. The van der Waals surface area contributed by atoms with Gasteiger partial charge in [0, 0.05) is 28.9 Å². The summed E-state index contributed by atoms with van der Waals surface area (Å²) in [4.78, 5) is 15.4. The molecule has 0 saturated heterocycles. The molecule has 120 valence electrons. The third kappa shape index (κ3) is 4.34. The zero-order valence-corrected chi connectivity index (χ0v) is 14.2. The van der Waals surface area contributed by atoms with Gasteiger partial charge in [-0.1, -0.05) is 11.6 Å². The smallest absolute Gasteiger partial charge is 0.224 e. The van der Waals surface area contributed by atoms with E-state index in [9.17, 15) is 13.2 Å². The van der Waals surface area contributed by atoms with Crippen LogP contribution < -0.4 is 5.32 Å². The monoisotopic (exact) mass is 322 g/mol. The summed E-state index contributed by atoms with van der Waals surface area (Å²) in [5.74, 6) is -0.269. The van der Waals surface area contributed by atoms with Crippen LogP contribution in [-0.4, -0.2) is 36.9 Å². The van der Waals surface area contributed by atoms with E-state index in [2.05, 4.69) is 10.3 Å². The van der Waals surface area contributed by atoms with Gasteiger partial charge in [-0.25, -0.2) is 8.42 Å². The van der Waals surface area contributed by atoms with E-state index >= 15 is 0 Å². The zero-order chi connectivity index (χ0) is 16.5. The maximum Gasteiger partial charge on any atom is 0.224 e. The summed E-state index contributed by atoms with van der Waals surface area (Å²) in [7, 11) is -3.15. The minimum Gasteiger partial charge on any atom is -0.361 e. The van der Waals surface area contributed by atoms with E-state index in [1.807, 2.05) is 31.3 Å². The van der Waals surface area contributed by atoms with Crippen LogP contribution in [0.15, 0.2) is 24.4 Å². The van der Waals surface area contributed by atoms with Gasteiger partial charge in [-0.3, -0.25) is 4.79 Å². The van der Waals surface area contributed by atoms with Crippen molar-refractivity contribution in [1.82, 2.24) is 10.3 Å². The maximum absolute atomic E-state index is 12.2. The predicted octanol–water partition coefficient (Wildman–Crippen LogP) is 1.96. The first-order chi connectivity index (χ1) is 10.1. The number of aromatic nitrogens is 1. The Morgan fingerprint density at radius 1 is 1.32 bits per heavy atom. The molecule has 1 aromatic carbocycles. The van der Waals surface area contributed by atoms with Crippen molar-refractivity contribution in [3.63, 3.8) is 0 Å². The molecule has 0 aliphatic carbocycles. The van der Waals surface area contributed by atoms with E-state index in [0.717, 1.165) is 22.0 Å². The number of fused-ring (bicyclic) bond motifs is 1. The lowest BCUT2D eigenvalue weighted by Crippen LogP contribution is -2.48. The fourth-order valence-electron chi connectivity index (χ4n) is 2.72. The molecular weight excluding hydrogens is 300 g/mol. The molecule has 0 radical (unpaired) electrons. The second-order valence-corrected chi connectivity index (χ2v) is 8.68. The Hall–Kier alpha value is -1.82. The fraction of sp³-hybridized carbons (Fsp3) is 0.438. The van der Waals surface area contributed by atoms with E-state index in [1.165, 1.54) is 6.26 Å². The highest BCUT2D eigenvalue weighted by atomic mass is 32.2. The van der Waals surface area contributed by atoms with Crippen molar-refractivity contribution in [3.8, 4) is 0 Å². The Bertz CT molecular complexity index is 804. The van der Waals surface area contributed by atoms with Crippen LogP contribution in [0.25, 0.3) is 10.9 Å². The standard InChI is InChI=1S/C16H22N2O3S/c1-11-5-6-14-13(7-11)12(9-17-14)8-15(19)18-16(2,3)10-22(4,20)21/h5-7,9,17H,8,10H2,1-4H3,(H,18,19). The van der Waals surface area contributed by atoms with Gasteiger partial charge in [0.2, 0.25) is 5.91 Å². The molecular formula is C16H22N2O3S. The van der Waals surface area contributed by atoms with Crippen molar-refractivity contribution < 1.29 is 13.2 Å². The first-order valence-corrected chi connectivity index (χ1v) is 9.17. The second-order valence-electron chi connectivity index (χ2n) is 6.54. The molecule has 0 aliphatic heterocycles. The molecule has 1 amide bonds. The molecule has 6 heteroatoms. The molecule has 2 N–H and O–H groups in total. The van der Waals surface area contributed by atoms with E-state index in [0.29, 0.717) is 0 Å². The molecule has 0 atom stereocenters. The van der Waals surface area contributed by atoms with Gasteiger partial charge in [0.1, 0.15) is 9.84 Å². The highest BCUT2D eigenvalue weighted by molar-refractivity contribution is 7.90. The molecule has 2 rings (SSSR count). The number of H-pyrrole nitrogens is 1. The van der Waals surface area contributed by atoms with Crippen LogP contribution in [0.2, 0.25) is 0 Å². The van der Waals surface area contributed by atoms with Crippen molar-refractivity contribution in [3.05, 3.63) is 35.5 Å². The molecule has 1 aromatic heterocycles. The van der Waals surface area contributed by atoms with Crippen LogP contribution in [-0.2, 0) is 21.1 Å². The minimum absolute atomic E-state index is 0.0846. The van der Waals surface area contributed by atoms with Gasteiger partial charge in [-0.15, -0.1) is 0 Å². The third-order valence-electron chi connectivity index (χ3n) is 3.37. The fourth-order valence-corrected chi connectivity index (χ4v) is 4.11. The largest absolute Gasteiger partial charge is 0.361 e. The first-order valence-electron chi connectivity index (χ1n) is 7.11. The van der Waals surface area contributed by atoms with Crippen LogP contribution in [0.3, 0.4) is 0 Å². The number of amides is 1. The molecule has 0 aliphatic rings. The van der Waals surface area contributed by atoms with Crippen LogP contribution in [0.1, 0.15) is 25.0 Å². The summed E-state index contributed by atoms with van der Waals surface area (Å²) >= 11 is 0. The number of carbonyl (C=O) groups is 1. The predicted molar refractivity (Wildman–Crippen MR) is 88.7 cm³/mol. The molecule has 0 bridgehead atoms. The maximum atomic E-state index is 12.2. The van der Waals surface area contributed by atoms with Crippen molar-refractivity contribution in [2.45, 2.75) is 32.7 Å². The highest BCUT2D eigenvalue weighted by Gasteiger charge is 2.25. The number of benzene rings is 1. The van der Waals surface area contributed by atoms with Crippen molar-refractivity contribution in [1.29, 1.82) is 0 Å². The van der Waals surface area contributed by atoms with Crippen LogP contribution in [0, 0.1) is 6.92 Å². The van der Waals surface area contributed by atoms with Gasteiger partial charge in [0.15, 0.2) is 0 Å². The van der Waals surface area contributed by atoms with Crippen LogP contribution in [0.4, 0.5) is 0 Å². The lowest BCUT2D eigenvalue weighted by molar-refractivity contribution is -0.121. The Kier molecular flexibility index (Phi) is 4.33. The molecule has 0 fully saturated rings. The highest BCUT2D eigenvalue weighted by Crippen LogP contribution is 2.20. The number of carbonyl (C=O) groups excluding carboxylic acids is 1. The Morgan fingerprint density at radius 2 is 2.00 bits per heavy atom. The van der Waals surface area contributed by atoms with Crippen LogP contribution in [0.5, 0.6) is 0 Å². The van der Waals surface area contributed by atoms with E-state index in [-0.39, 0.29) is 18.1 Å². The summed E-state index contributed by atoms with van der Waals surface area (Å²) < 4.78 is 22.8. The van der Waals surface area contributed by atoms with Gasteiger partial charge >= 0.3 is 0 Å². The second kappa shape index (κ2) is 5.76. The quantitative estimate of drug-likeness (QED) is 0.883. The lowest BCUT2D eigenvalue weighted by Gasteiger charge is -2.25. The number of hydrogen-bond donors (Lipinski definition) is 2. The van der Waals surface area contributed by atoms with Crippen molar-refractivity contribution in [2.24, 2.45) is 0 Å². The molecule has 1 heterocycles. The molecule has 5 nitrogen and oxygen atoms in total. The third-order valence-corrected chi connectivity index (χ3v) is 4.62. The van der Waals surface area contributed by atoms with Gasteiger partial charge in [0.05, 0.1) is 12.2 Å². The average molecular weight is 322 g/mol. The molecule has 0 saturated carbocycles. The summed E-state index contributed by atoms with van der Waals surface area (Å²) in [6.45, 7) is 5.43. The molecule has 0 unspecified atom stereocenters. The Morgan fingerprint density at radius 3 is 2.64 bits per heavy atom. The van der Waals surface area contributed by atoms with E-state index < -0.39 is 15.4 Å². The summed E-state index contributed by atoms with van der Waals surface area (Å²) in [5.41, 5.74) is 2.24. The van der Waals surface area contributed by atoms with Gasteiger partial charge in [-0.2, -0.15) is 0 Å². The Labute approximate surface area is 131 Å². The molecule has 0 spiro atoms. The van der Waals surface area contributed by atoms with E-state index in [4.69, 9.17) is 0 Å². The number of hydrogen-bond acceptors (Lipinski definition) is 3. The van der Waals surface area contributed by atoms with Crippen molar-refractivity contribution >= 4 is 26.6 Å². The normalized spacial score (nSPS) is 12.5. The van der Waals surface area contributed by atoms with Crippen LogP contribution >= 0.6 is 0 Å². The summed E-state index contributed by atoms with van der Waals surface area (Å²) in [6, 6.07) is 6.04. The van der Waals surface area contributed by atoms with Gasteiger partial charge in [-0.05, 0) is 38.5 Å². The number of aryl methyl sites for hydroxylation is 1. The number of aromatic amines is 1. The topological polar surface area (TPSA) is 79.0 Å².